The van der Waals surface area contributed by atoms with Crippen molar-refractivity contribution in [1.29, 1.82) is 0 Å². The third-order valence-corrected chi connectivity index (χ3v) is 3.05. The van der Waals surface area contributed by atoms with E-state index >= 15 is 0 Å². The summed E-state index contributed by atoms with van der Waals surface area (Å²) in [4.78, 5) is 41.5. The van der Waals surface area contributed by atoms with Gasteiger partial charge in [0.1, 0.15) is 6.54 Å². The van der Waals surface area contributed by atoms with Crippen LogP contribution in [-0.2, 0) is 16.1 Å². The molecule has 1 aromatic heterocycles. The van der Waals surface area contributed by atoms with Crippen molar-refractivity contribution < 1.29 is 14.4 Å². The average molecular weight is 277 g/mol. The van der Waals surface area contributed by atoms with E-state index in [1.54, 1.807) is 19.2 Å². The molecule has 106 valence electrons. The van der Waals surface area contributed by atoms with Crippen LogP contribution in [0.2, 0.25) is 0 Å². The quantitative estimate of drug-likeness (QED) is 0.396. The molecule has 1 aromatic rings. The van der Waals surface area contributed by atoms with E-state index in [2.05, 4.69) is 4.98 Å². The number of amides is 3. The summed E-state index contributed by atoms with van der Waals surface area (Å²) < 4.78 is 0. The van der Waals surface area contributed by atoms with Crippen molar-refractivity contribution in [1.82, 2.24) is 20.2 Å². The summed E-state index contributed by atoms with van der Waals surface area (Å²) in [7, 11) is 1.59. The zero-order chi connectivity index (χ0) is 14.7. The Hall–Kier alpha value is -2.48. The van der Waals surface area contributed by atoms with E-state index in [0.717, 1.165) is 0 Å². The van der Waals surface area contributed by atoms with Crippen molar-refractivity contribution in [2.24, 2.45) is 5.84 Å². The molecule has 1 fully saturated rings. The molecule has 3 amide bonds. The molecule has 1 aliphatic heterocycles. The van der Waals surface area contributed by atoms with Gasteiger partial charge in [-0.1, -0.05) is 0 Å². The Labute approximate surface area is 115 Å². The number of piperazine rings is 1. The van der Waals surface area contributed by atoms with Crippen LogP contribution >= 0.6 is 0 Å². The van der Waals surface area contributed by atoms with Crippen molar-refractivity contribution in [3.8, 4) is 0 Å². The van der Waals surface area contributed by atoms with Crippen molar-refractivity contribution >= 4 is 17.7 Å². The number of aromatic nitrogens is 1. The van der Waals surface area contributed by atoms with Gasteiger partial charge in [-0.05, 0) is 12.1 Å². The van der Waals surface area contributed by atoms with Crippen LogP contribution in [0.4, 0.5) is 0 Å². The SMILES string of the molecule is CN1CC(=O)N(Cc2ccc(C(=O)NN)cn2)CC1=O. The average Bonchev–Trinajstić information content (AvgIpc) is 2.44. The standard InChI is InChI=1S/C12H15N5O3/c1-16-6-11(19)17(7-10(16)18)5-9-3-2-8(4-14-9)12(20)15-13/h2-4H,5-7,13H2,1H3,(H,15,20). The zero-order valence-electron chi connectivity index (χ0n) is 11.0. The number of carbonyl (C=O) groups excluding carboxylic acids is 3. The molecule has 0 saturated carbocycles. The molecule has 0 bridgehead atoms. The summed E-state index contributed by atoms with van der Waals surface area (Å²) in [6.45, 7) is 0.359. The van der Waals surface area contributed by atoms with Crippen LogP contribution in [0, 0.1) is 0 Å². The zero-order valence-corrected chi connectivity index (χ0v) is 11.0. The second kappa shape index (κ2) is 5.66. The number of hydrogen-bond donors (Lipinski definition) is 2. The van der Waals surface area contributed by atoms with Crippen molar-refractivity contribution in [3.63, 3.8) is 0 Å². The van der Waals surface area contributed by atoms with Gasteiger partial charge in [0.2, 0.25) is 11.8 Å². The van der Waals surface area contributed by atoms with Crippen molar-refractivity contribution in [3.05, 3.63) is 29.6 Å². The summed E-state index contributed by atoms with van der Waals surface area (Å²) in [6, 6.07) is 3.19. The molecule has 1 aliphatic rings. The molecule has 0 atom stereocenters. The van der Waals surface area contributed by atoms with Crippen molar-refractivity contribution in [2.45, 2.75) is 6.54 Å². The van der Waals surface area contributed by atoms with E-state index in [0.29, 0.717) is 11.3 Å². The van der Waals surface area contributed by atoms with E-state index in [4.69, 9.17) is 5.84 Å². The fraction of sp³-hybridized carbons (Fsp3) is 0.333. The van der Waals surface area contributed by atoms with Crippen LogP contribution in [0.15, 0.2) is 18.3 Å². The van der Waals surface area contributed by atoms with Gasteiger partial charge in [0.05, 0.1) is 24.3 Å². The minimum Gasteiger partial charge on any atom is -0.335 e. The summed E-state index contributed by atoms with van der Waals surface area (Å²) in [5.74, 6) is 4.35. The maximum Gasteiger partial charge on any atom is 0.266 e. The number of nitrogens with two attached hydrogens (primary N) is 1. The Balaban J connectivity index is 2.05. The van der Waals surface area contributed by atoms with Crippen LogP contribution in [-0.4, -0.2) is 52.6 Å². The van der Waals surface area contributed by atoms with Gasteiger partial charge in [-0.15, -0.1) is 0 Å². The predicted octanol–water partition coefficient (Wildman–Crippen LogP) is -1.51. The molecule has 1 saturated heterocycles. The predicted molar refractivity (Wildman–Crippen MR) is 68.9 cm³/mol. The number of nitrogen functional groups attached to an aromatic ring is 1. The van der Waals surface area contributed by atoms with Gasteiger partial charge in [-0.25, -0.2) is 5.84 Å². The maximum atomic E-state index is 11.8. The number of pyridine rings is 1. The highest BCUT2D eigenvalue weighted by atomic mass is 16.2. The fourth-order valence-electron chi connectivity index (χ4n) is 1.84. The molecule has 0 aliphatic carbocycles. The highest BCUT2D eigenvalue weighted by molar-refractivity contribution is 5.93. The Kier molecular flexibility index (Phi) is 3.94. The van der Waals surface area contributed by atoms with Gasteiger partial charge < -0.3 is 9.80 Å². The topological polar surface area (TPSA) is 109 Å². The first-order chi connectivity index (χ1) is 9.51. The van der Waals surface area contributed by atoms with E-state index in [-0.39, 0.29) is 31.4 Å². The molecule has 2 rings (SSSR count). The Morgan fingerprint density at radius 2 is 2.10 bits per heavy atom. The highest BCUT2D eigenvalue weighted by Crippen LogP contribution is 2.08. The van der Waals surface area contributed by atoms with Gasteiger partial charge in [0.15, 0.2) is 0 Å². The Bertz CT molecular complexity index is 543. The van der Waals surface area contributed by atoms with E-state index in [1.807, 2.05) is 5.43 Å². The molecule has 8 heteroatoms. The summed E-state index contributed by atoms with van der Waals surface area (Å²) >= 11 is 0. The minimum atomic E-state index is -0.435. The molecular weight excluding hydrogens is 262 g/mol. The summed E-state index contributed by atoms with van der Waals surface area (Å²) in [5.41, 5.74) is 2.94. The lowest BCUT2D eigenvalue weighted by Gasteiger charge is -2.31. The Morgan fingerprint density at radius 3 is 2.70 bits per heavy atom. The smallest absolute Gasteiger partial charge is 0.266 e. The second-order valence-corrected chi connectivity index (χ2v) is 4.51. The number of carbonyl (C=O) groups is 3. The molecule has 0 spiro atoms. The third-order valence-electron chi connectivity index (χ3n) is 3.05. The van der Waals surface area contributed by atoms with Crippen LogP contribution in [0.5, 0.6) is 0 Å². The molecule has 0 unspecified atom stereocenters. The molecule has 8 nitrogen and oxygen atoms in total. The number of hydrazine groups is 1. The normalized spacial score (nSPS) is 15.5. The van der Waals surface area contributed by atoms with Crippen LogP contribution in [0.25, 0.3) is 0 Å². The number of likely N-dealkylation sites (N-methyl/N-ethyl adjacent to an activating group) is 1. The van der Waals surface area contributed by atoms with Crippen LogP contribution in [0.1, 0.15) is 16.1 Å². The minimum absolute atomic E-state index is 0.0437. The number of nitrogens with one attached hydrogen (secondary N) is 1. The van der Waals surface area contributed by atoms with E-state index in [1.165, 1.54) is 16.0 Å². The monoisotopic (exact) mass is 277 g/mol. The first-order valence-electron chi connectivity index (χ1n) is 5.99. The molecule has 20 heavy (non-hydrogen) atoms. The largest absolute Gasteiger partial charge is 0.335 e. The fourth-order valence-corrected chi connectivity index (χ4v) is 1.84. The lowest BCUT2D eigenvalue weighted by atomic mass is 10.2. The molecule has 0 radical (unpaired) electrons. The number of nitrogens with zero attached hydrogens (tertiary/aromatic N) is 3. The third kappa shape index (κ3) is 2.91. The van der Waals surface area contributed by atoms with Gasteiger partial charge in [0, 0.05) is 13.2 Å². The van der Waals surface area contributed by atoms with Crippen LogP contribution in [0.3, 0.4) is 0 Å². The number of hydrogen-bond acceptors (Lipinski definition) is 5. The Morgan fingerprint density at radius 1 is 1.35 bits per heavy atom. The highest BCUT2D eigenvalue weighted by Gasteiger charge is 2.27. The van der Waals surface area contributed by atoms with Gasteiger partial charge in [-0.2, -0.15) is 0 Å². The van der Waals surface area contributed by atoms with Crippen LogP contribution < -0.4 is 11.3 Å². The molecule has 2 heterocycles. The molecule has 3 N–H and O–H groups in total. The molecule has 0 aromatic carbocycles. The maximum absolute atomic E-state index is 11.8. The first kappa shape index (κ1) is 13.9. The second-order valence-electron chi connectivity index (χ2n) is 4.51. The van der Waals surface area contributed by atoms with E-state index in [9.17, 15) is 14.4 Å². The lowest BCUT2D eigenvalue weighted by Crippen LogP contribution is -2.51. The molecular formula is C12H15N5O3. The summed E-state index contributed by atoms with van der Waals surface area (Å²) in [6.07, 6.45) is 1.37. The summed E-state index contributed by atoms with van der Waals surface area (Å²) in [5, 5.41) is 0. The lowest BCUT2D eigenvalue weighted by molar-refractivity contribution is -0.149. The van der Waals surface area contributed by atoms with Gasteiger partial charge in [0.25, 0.3) is 5.91 Å². The van der Waals surface area contributed by atoms with Crippen molar-refractivity contribution in [2.75, 3.05) is 20.1 Å². The number of rotatable bonds is 3. The first-order valence-corrected chi connectivity index (χ1v) is 5.99. The van der Waals surface area contributed by atoms with Gasteiger partial charge >= 0.3 is 0 Å². The van der Waals surface area contributed by atoms with E-state index < -0.39 is 5.91 Å². The van der Waals surface area contributed by atoms with Gasteiger partial charge in [-0.3, -0.25) is 24.8 Å².